The lowest BCUT2D eigenvalue weighted by Crippen LogP contribution is -1.98. The van der Waals surface area contributed by atoms with Crippen LogP contribution in [0, 0.1) is 5.82 Å². The molecule has 1 rings (SSSR count). The second-order valence-corrected chi connectivity index (χ2v) is 5.80. The van der Waals surface area contributed by atoms with Crippen LogP contribution in [0.5, 0.6) is 0 Å². The average molecular weight is 321 g/mol. The number of allylic oxidation sites excluding steroid dienone is 3. The van der Waals surface area contributed by atoms with Gasteiger partial charge >= 0.3 is 0 Å². The summed E-state index contributed by atoms with van der Waals surface area (Å²) in [5, 5.41) is 0. The van der Waals surface area contributed by atoms with Gasteiger partial charge in [-0.25, -0.2) is 4.39 Å². The first-order valence-electron chi connectivity index (χ1n) is 6.65. The lowest BCUT2D eigenvalue weighted by atomic mass is 10.2. The molecule has 0 amide bonds. The van der Waals surface area contributed by atoms with Gasteiger partial charge in [-0.05, 0) is 62.6 Å². The van der Waals surface area contributed by atoms with Crippen molar-refractivity contribution in [2.75, 3.05) is 11.8 Å². The normalized spacial score (nSPS) is 10.9. The number of hydrogen-bond acceptors (Lipinski definition) is 4. The molecule has 0 aromatic heterocycles. The molecule has 0 heterocycles. The minimum Gasteiger partial charge on any atom is -0.496 e. The number of ether oxygens (including phenoxy) is 1. The summed E-state index contributed by atoms with van der Waals surface area (Å²) in [7, 11) is 1.59. The Morgan fingerprint density at radius 3 is 2.55 bits per heavy atom. The van der Waals surface area contributed by atoms with Crippen molar-refractivity contribution in [2.24, 2.45) is 0 Å². The molecule has 22 heavy (non-hydrogen) atoms. The van der Waals surface area contributed by atoms with Crippen LogP contribution in [-0.2, 0) is 4.74 Å². The third-order valence-corrected chi connectivity index (χ3v) is 3.50. The maximum absolute atomic E-state index is 13.8. The number of aldehydes is 1. The molecule has 0 spiro atoms. The van der Waals surface area contributed by atoms with Gasteiger partial charge in [-0.15, -0.1) is 0 Å². The largest absolute Gasteiger partial charge is 0.496 e. The fourth-order valence-electron chi connectivity index (χ4n) is 1.72. The highest BCUT2D eigenvalue weighted by Crippen LogP contribution is 2.30. The third kappa shape index (κ3) is 5.07. The maximum Gasteiger partial charge on any atom is 0.150 e. The lowest BCUT2D eigenvalue weighted by Gasteiger charge is -2.14. The van der Waals surface area contributed by atoms with E-state index < -0.39 is 5.82 Å². The highest BCUT2D eigenvalue weighted by molar-refractivity contribution is 8.04. The lowest BCUT2D eigenvalue weighted by molar-refractivity contribution is 0.112. The molecule has 0 bridgehead atoms. The fourth-order valence-corrected chi connectivity index (χ4v) is 2.74. The monoisotopic (exact) mass is 321 g/mol. The first kappa shape index (κ1) is 18.0. The van der Waals surface area contributed by atoms with Crippen LogP contribution in [-0.4, -0.2) is 13.4 Å². The predicted molar refractivity (Wildman–Crippen MR) is 91.3 cm³/mol. The molecule has 0 saturated heterocycles. The van der Waals surface area contributed by atoms with Gasteiger partial charge in [-0.1, -0.05) is 12.2 Å². The highest BCUT2D eigenvalue weighted by atomic mass is 32.2. The average Bonchev–Trinajstić information content (AvgIpc) is 2.45. The number of hydrogen-bond donors (Lipinski definition) is 1. The summed E-state index contributed by atoms with van der Waals surface area (Å²) in [5.74, 6) is 0.274. The second-order valence-electron chi connectivity index (χ2n) is 4.95. The van der Waals surface area contributed by atoms with E-state index in [1.807, 2.05) is 26.8 Å². The van der Waals surface area contributed by atoms with Gasteiger partial charge in [0, 0.05) is 5.56 Å². The molecule has 1 aromatic rings. The van der Waals surface area contributed by atoms with Gasteiger partial charge in [-0.3, -0.25) is 4.79 Å². The molecule has 0 atom stereocenters. The molecular weight excluding hydrogens is 301 g/mol. The summed E-state index contributed by atoms with van der Waals surface area (Å²) in [6.07, 6.45) is 2.53. The van der Waals surface area contributed by atoms with Crippen molar-refractivity contribution >= 4 is 23.9 Å². The first-order valence-corrected chi connectivity index (χ1v) is 7.47. The first-order chi connectivity index (χ1) is 10.4. The van der Waals surface area contributed by atoms with Crippen molar-refractivity contribution in [1.29, 1.82) is 0 Å². The zero-order valence-corrected chi connectivity index (χ0v) is 14.0. The van der Waals surface area contributed by atoms with E-state index in [-0.39, 0.29) is 5.69 Å². The minimum absolute atomic E-state index is 0.242. The van der Waals surface area contributed by atoms with Crippen LogP contribution in [0.15, 0.2) is 52.7 Å². The van der Waals surface area contributed by atoms with Crippen LogP contribution in [0.2, 0.25) is 0 Å². The van der Waals surface area contributed by atoms with Crippen molar-refractivity contribution in [3.63, 3.8) is 0 Å². The molecule has 0 aliphatic heterocycles. The van der Waals surface area contributed by atoms with E-state index in [1.54, 1.807) is 7.11 Å². The molecule has 0 aliphatic carbocycles. The van der Waals surface area contributed by atoms with Crippen molar-refractivity contribution in [3.05, 3.63) is 64.0 Å². The molecule has 0 radical (unpaired) electrons. The van der Waals surface area contributed by atoms with Gasteiger partial charge < -0.3 is 9.46 Å². The molecule has 5 heteroatoms. The Hall–Kier alpha value is -2.01. The van der Waals surface area contributed by atoms with E-state index in [4.69, 9.17) is 4.74 Å². The molecule has 0 aliphatic rings. The number of methoxy groups -OCH3 is 1. The standard InChI is InChI=1S/C17H20FNO2S/c1-11(2)8-16(17(21-5)12(3)4)22-19-15-9-13(10-20)6-7-14(15)18/h6-10,19H,1H2,2-5H3/b16-8+. The van der Waals surface area contributed by atoms with E-state index in [0.717, 1.165) is 16.1 Å². The topological polar surface area (TPSA) is 38.3 Å². The van der Waals surface area contributed by atoms with Crippen molar-refractivity contribution in [2.45, 2.75) is 20.8 Å². The quantitative estimate of drug-likeness (QED) is 0.328. The maximum atomic E-state index is 13.8. The molecule has 1 N–H and O–H groups in total. The van der Waals surface area contributed by atoms with E-state index in [2.05, 4.69) is 11.3 Å². The second kappa shape index (κ2) is 8.44. The Kier molecular flexibility index (Phi) is 6.92. The van der Waals surface area contributed by atoms with Gasteiger partial charge in [0.15, 0.2) is 0 Å². The number of carbonyl (C=O) groups is 1. The van der Waals surface area contributed by atoms with Crippen LogP contribution >= 0.6 is 11.9 Å². The smallest absolute Gasteiger partial charge is 0.150 e. The molecule has 3 nitrogen and oxygen atoms in total. The number of nitrogens with one attached hydrogen (secondary N) is 1. The van der Waals surface area contributed by atoms with Gasteiger partial charge in [0.1, 0.15) is 17.9 Å². The van der Waals surface area contributed by atoms with Crippen LogP contribution in [0.4, 0.5) is 10.1 Å². The van der Waals surface area contributed by atoms with Crippen LogP contribution in [0.3, 0.4) is 0 Å². The summed E-state index contributed by atoms with van der Waals surface area (Å²) < 4.78 is 22.1. The Morgan fingerprint density at radius 1 is 1.36 bits per heavy atom. The Morgan fingerprint density at radius 2 is 2.05 bits per heavy atom. The molecule has 0 fully saturated rings. The third-order valence-electron chi connectivity index (χ3n) is 2.66. The van der Waals surface area contributed by atoms with E-state index in [1.165, 1.54) is 30.1 Å². The zero-order valence-electron chi connectivity index (χ0n) is 13.2. The molecular formula is C17H20FNO2S. The van der Waals surface area contributed by atoms with E-state index >= 15 is 0 Å². The fraction of sp³-hybridized carbons (Fsp3) is 0.235. The van der Waals surface area contributed by atoms with Gasteiger partial charge in [0.25, 0.3) is 0 Å². The summed E-state index contributed by atoms with van der Waals surface area (Å²) in [4.78, 5) is 11.6. The van der Waals surface area contributed by atoms with Crippen LogP contribution in [0.25, 0.3) is 0 Å². The molecule has 1 aromatic carbocycles. The number of carbonyl (C=O) groups excluding carboxylic acids is 1. The van der Waals surface area contributed by atoms with Crippen molar-refractivity contribution < 1.29 is 13.9 Å². The summed E-state index contributed by atoms with van der Waals surface area (Å²) in [6, 6.07) is 4.15. The number of benzene rings is 1. The van der Waals surface area contributed by atoms with E-state index in [9.17, 15) is 9.18 Å². The highest BCUT2D eigenvalue weighted by Gasteiger charge is 2.11. The predicted octanol–water partition coefficient (Wildman–Crippen LogP) is 5.10. The summed E-state index contributed by atoms with van der Waals surface area (Å²) >= 11 is 1.21. The van der Waals surface area contributed by atoms with Crippen molar-refractivity contribution in [1.82, 2.24) is 0 Å². The van der Waals surface area contributed by atoms with Gasteiger partial charge in [-0.2, -0.15) is 0 Å². The molecule has 118 valence electrons. The number of anilines is 1. The Balaban J connectivity index is 3.05. The SMILES string of the molecule is C=C(C)/C=C(/SNc1cc(C=O)ccc1F)C(OC)=C(C)C. The zero-order chi connectivity index (χ0) is 16.7. The Labute approximate surface area is 135 Å². The van der Waals surface area contributed by atoms with Gasteiger partial charge in [0.05, 0.1) is 17.7 Å². The van der Waals surface area contributed by atoms with E-state index in [0.29, 0.717) is 17.6 Å². The van der Waals surface area contributed by atoms with Crippen LogP contribution < -0.4 is 4.72 Å². The molecule has 0 saturated carbocycles. The Bertz CT molecular complexity index is 632. The number of rotatable bonds is 7. The minimum atomic E-state index is -0.427. The number of halogens is 1. The van der Waals surface area contributed by atoms with Crippen molar-refractivity contribution in [3.8, 4) is 0 Å². The van der Waals surface area contributed by atoms with Crippen LogP contribution in [0.1, 0.15) is 31.1 Å². The summed E-state index contributed by atoms with van der Waals surface area (Å²) in [6.45, 7) is 9.58. The molecule has 0 unspecified atom stereocenters. The summed E-state index contributed by atoms with van der Waals surface area (Å²) in [5.41, 5.74) is 2.49. The van der Waals surface area contributed by atoms with Gasteiger partial charge in [0.2, 0.25) is 0 Å².